The van der Waals surface area contributed by atoms with Gasteiger partial charge in [0.05, 0.1) is 46.6 Å². The first kappa shape index (κ1) is 13.9. The fourth-order valence-electron chi connectivity index (χ4n) is 2.05. The molecule has 1 aliphatic heterocycles. The third kappa shape index (κ3) is 5.80. The second kappa shape index (κ2) is 8.01. The Labute approximate surface area is 99.1 Å². The molecule has 0 radical (unpaired) electrons. The Morgan fingerprint density at radius 1 is 0.875 bits per heavy atom. The molecule has 1 heterocycles. The molecular formula is C12H26NO3+. The van der Waals surface area contributed by atoms with Crippen LogP contribution in [0.1, 0.15) is 19.3 Å². The van der Waals surface area contributed by atoms with E-state index in [-0.39, 0.29) is 0 Å². The van der Waals surface area contributed by atoms with Gasteiger partial charge in [0.25, 0.3) is 0 Å². The third-order valence-corrected chi connectivity index (χ3v) is 3.10. The number of quaternary nitrogens is 1. The molecule has 4 heteroatoms. The van der Waals surface area contributed by atoms with E-state index in [1.807, 2.05) is 0 Å². The maximum Gasteiger partial charge on any atom is 0.183 e. The molecule has 4 nitrogen and oxygen atoms in total. The molecule has 0 aromatic rings. The molecule has 1 fully saturated rings. The number of piperidine rings is 1. The van der Waals surface area contributed by atoms with Gasteiger partial charge in [-0.05, 0) is 19.3 Å². The zero-order valence-electron chi connectivity index (χ0n) is 10.7. The van der Waals surface area contributed by atoms with Crippen molar-refractivity contribution in [3.05, 3.63) is 0 Å². The van der Waals surface area contributed by atoms with Crippen molar-refractivity contribution in [3.8, 4) is 0 Å². The van der Waals surface area contributed by atoms with Crippen LogP contribution >= 0.6 is 0 Å². The SMILES string of the molecule is COCCOCCOC[N+]1(C)CCCCC1. The van der Waals surface area contributed by atoms with Gasteiger partial charge in [-0.3, -0.25) is 0 Å². The zero-order chi connectivity index (χ0) is 11.7. The Hall–Kier alpha value is -0.160. The molecule has 0 aliphatic carbocycles. The van der Waals surface area contributed by atoms with E-state index in [0.29, 0.717) is 26.4 Å². The van der Waals surface area contributed by atoms with Crippen molar-refractivity contribution in [3.63, 3.8) is 0 Å². The molecule has 1 aliphatic rings. The summed E-state index contributed by atoms with van der Waals surface area (Å²) in [5, 5.41) is 0. The second-order valence-corrected chi connectivity index (χ2v) is 4.77. The van der Waals surface area contributed by atoms with E-state index in [9.17, 15) is 0 Å². The summed E-state index contributed by atoms with van der Waals surface area (Å²) in [7, 11) is 3.96. The molecule has 0 amide bonds. The minimum Gasteiger partial charge on any atom is -0.382 e. The van der Waals surface area contributed by atoms with Gasteiger partial charge in [0.15, 0.2) is 6.73 Å². The monoisotopic (exact) mass is 232 g/mol. The van der Waals surface area contributed by atoms with E-state index in [4.69, 9.17) is 14.2 Å². The standard InChI is InChI=1S/C12H26NO3/c1-13(6-4-3-5-7-13)12-16-11-10-15-9-8-14-2/h3-12H2,1-2H3/q+1. The van der Waals surface area contributed by atoms with Crippen LogP contribution in [0.15, 0.2) is 0 Å². The molecule has 1 saturated heterocycles. The maximum atomic E-state index is 5.66. The number of hydrogen-bond donors (Lipinski definition) is 0. The Morgan fingerprint density at radius 3 is 2.19 bits per heavy atom. The van der Waals surface area contributed by atoms with Crippen LogP contribution in [0.2, 0.25) is 0 Å². The minimum atomic E-state index is 0.659. The van der Waals surface area contributed by atoms with Crippen LogP contribution in [0.25, 0.3) is 0 Å². The highest BCUT2D eigenvalue weighted by molar-refractivity contribution is 4.49. The highest BCUT2D eigenvalue weighted by Crippen LogP contribution is 2.15. The number of likely N-dealkylation sites (tertiary alicyclic amines) is 1. The summed E-state index contributed by atoms with van der Waals surface area (Å²) in [5.74, 6) is 0. The van der Waals surface area contributed by atoms with Crippen molar-refractivity contribution in [2.75, 3.05) is 60.4 Å². The summed E-state index contributed by atoms with van der Waals surface area (Å²) >= 11 is 0. The third-order valence-electron chi connectivity index (χ3n) is 3.10. The molecule has 0 spiro atoms. The molecule has 0 N–H and O–H groups in total. The van der Waals surface area contributed by atoms with Crippen molar-refractivity contribution < 1.29 is 18.7 Å². The van der Waals surface area contributed by atoms with Gasteiger partial charge in [-0.1, -0.05) is 0 Å². The lowest BCUT2D eigenvalue weighted by atomic mass is 10.1. The Morgan fingerprint density at radius 2 is 1.50 bits per heavy atom. The average Bonchev–Trinajstić information content (AvgIpc) is 2.29. The highest BCUT2D eigenvalue weighted by atomic mass is 16.5. The largest absolute Gasteiger partial charge is 0.382 e. The summed E-state index contributed by atoms with van der Waals surface area (Å²) in [5.41, 5.74) is 0. The van der Waals surface area contributed by atoms with E-state index in [1.54, 1.807) is 7.11 Å². The van der Waals surface area contributed by atoms with E-state index >= 15 is 0 Å². The predicted molar refractivity (Wildman–Crippen MR) is 63.3 cm³/mol. The molecule has 0 unspecified atom stereocenters. The van der Waals surface area contributed by atoms with Crippen LogP contribution in [0, 0.1) is 0 Å². The van der Waals surface area contributed by atoms with Crippen LogP contribution in [0.5, 0.6) is 0 Å². The summed E-state index contributed by atoms with van der Waals surface area (Å²) in [4.78, 5) is 0. The van der Waals surface area contributed by atoms with Gasteiger partial charge in [0.1, 0.15) is 0 Å². The summed E-state index contributed by atoms with van der Waals surface area (Å²) < 4.78 is 17.0. The lowest BCUT2D eigenvalue weighted by molar-refractivity contribution is -0.932. The van der Waals surface area contributed by atoms with Gasteiger partial charge < -0.3 is 18.7 Å². The summed E-state index contributed by atoms with van der Waals surface area (Å²) in [6.45, 7) is 6.02. The molecule has 0 saturated carbocycles. The number of ether oxygens (including phenoxy) is 3. The van der Waals surface area contributed by atoms with E-state index < -0.39 is 0 Å². The van der Waals surface area contributed by atoms with Crippen molar-refractivity contribution in [1.29, 1.82) is 0 Å². The highest BCUT2D eigenvalue weighted by Gasteiger charge is 2.24. The van der Waals surface area contributed by atoms with Crippen molar-refractivity contribution in [1.82, 2.24) is 0 Å². The molecule has 16 heavy (non-hydrogen) atoms. The van der Waals surface area contributed by atoms with Gasteiger partial charge in [0.2, 0.25) is 0 Å². The van der Waals surface area contributed by atoms with Crippen LogP contribution < -0.4 is 0 Å². The van der Waals surface area contributed by atoms with Crippen molar-refractivity contribution >= 4 is 0 Å². The molecule has 0 atom stereocenters. The first-order valence-electron chi connectivity index (χ1n) is 6.25. The first-order valence-corrected chi connectivity index (χ1v) is 6.25. The van der Waals surface area contributed by atoms with Crippen LogP contribution in [0.4, 0.5) is 0 Å². The second-order valence-electron chi connectivity index (χ2n) is 4.77. The van der Waals surface area contributed by atoms with Crippen LogP contribution in [-0.2, 0) is 14.2 Å². The number of methoxy groups -OCH3 is 1. The number of rotatable bonds is 8. The molecule has 1 rings (SSSR count). The Balaban J connectivity index is 1.93. The minimum absolute atomic E-state index is 0.659. The van der Waals surface area contributed by atoms with Gasteiger partial charge in [0, 0.05) is 7.11 Å². The van der Waals surface area contributed by atoms with E-state index in [2.05, 4.69) is 7.05 Å². The smallest absolute Gasteiger partial charge is 0.183 e. The predicted octanol–water partition coefficient (Wildman–Crippen LogP) is 1.25. The Kier molecular flexibility index (Phi) is 6.96. The normalized spacial score (nSPS) is 19.9. The Bertz CT molecular complexity index is 170. The average molecular weight is 232 g/mol. The molecule has 0 aromatic carbocycles. The zero-order valence-corrected chi connectivity index (χ0v) is 10.7. The van der Waals surface area contributed by atoms with Gasteiger partial charge in [-0.25, -0.2) is 0 Å². The quantitative estimate of drug-likeness (QED) is 0.466. The first-order chi connectivity index (χ1) is 7.77. The molecule has 0 aromatic heterocycles. The molecule has 96 valence electrons. The summed E-state index contributed by atoms with van der Waals surface area (Å²) in [6.07, 6.45) is 4.06. The number of nitrogens with zero attached hydrogens (tertiary/aromatic N) is 1. The fourth-order valence-corrected chi connectivity index (χ4v) is 2.05. The number of hydrogen-bond acceptors (Lipinski definition) is 3. The van der Waals surface area contributed by atoms with Crippen molar-refractivity contribution in [2.24, 2.45) is 0 Å². The van der Waals surface area contributed by atoms with Crippen LogP contribution in [-0.4, -0.2) is 64.9 Å². The topological polar surface area (TPSA) is 27.7 Å². The molecular weight excluding hydrogens is 206 g/mol. The fraction of sp³-hybridized carbons (Fsp3) is 1.00. The van der Waals surface area contributed by atoms with Crippen LogP contribution in [0.3, 0.4) is 0 Å². The van der Waals surface area contributed by atoms with Gasteiger partial charge >= 0.3 is 0 Å². The lowest BCUT2D eigenvalue weighted by Gasteiger charge is -2.37. The molecule has 0 bridgehead atoms. The van der Waals surface area contributed by atoms with E-state index in [1.165, 1.54) is 32.4 Å². The summed E-state index contributed by atoms with van der Waals surface area (Å²) in [6, 6.07) is 0. The van der Waals surface area contributed by atoms with E-state index in [0.717, 1.165) is 11.2 Å². The van der Waals surface area contributed by atoms with Crippen molar-refractivity contribution in [2.45, 2.75) is 19.3 Å². The van der Waals surface area contributed by atoms with Gasteiger partial charge in [-0.2, -0.15) is 0 Å². The lowest BCUT2D eigenvalue weighted by Crippen LogP contribution is -2.49. The maximum absolute atomic E-state index is 5.66. The van der Waals surface area contributed by atoms with Gasteiger partial charge in [-0.15, -0.1) is 0 Å².